The van der Waals surface area contributed by atoms with Gasteiger partial charge in [0.05, 0.1) is 6.04 Å². The number of rotatable bonds is 5. The molecule has 92 valence electrons. The largest absolute Gasteiger partial charge is 0.334 e. The lowest BCUT2D eigenvalue weighted by Crippen LogP contribution is -2.48. The van der Waals surface area contributed by atoms with E-state index in [0.717, 1.165) is 18.8 Å². The highest BCUT2D eigenvalue weighted by Crippen LogP contribution is 2.26. The standard InChI is InChI=1S/C12H24N4/c1-6-8-16-9-7-14-11(16)10(13)12(2,3)15(4)5/h7,9-10H,6,8,13H2,1-5H3. The average Bonchev–Trinajstić information content (AvgIpc) is 2.65. The van der Waals surface area contributed by atoms with Crippen LogP contribution >= 0.6 is 0 Å². The minimum absolute atomic E-state index is 0.0796. The van der Waals surface area contributed by atoms with Crippen LogP contribution in [0.25, 0.3) is 0 Å². The maximum Gasteiger partial charge on any atom is 0.127 e. The number of aromatic nitrogens is 2. The molecule has 0 aromatic carbocycles. The lowest BCUT2D eigenvalue weighted by Gasteiger charge is -2.37. The summed E-state index contributed by atoms with van der Waals surface area (Å²) in [7, 11) is 4.10. The molecule has 0 saturated heterocycles. The fourth-order valence-electron chi connectivity index (χ4n) is 1.62. The van der Waals surface area contributed by atoms with Crippen molar-refractivity contribution in [3.8, 4) is 0 Å². The van der Waals surface area contributed by atoms with Crippen molar-refractivity contribution in [2.75, 3.05) is 14.1 Å². The van der Waals surface area contributed by atoms with Gasteiger partial charge in [-0.1, -0.05) is 6.92 Å². The lowest BCUT2D eigenvalue weighted by molar-refractivity contribution is 0.152. The first-order chi connectivity index (χ1) is 7.41. The van der Waals surface area contributed by atoms with Crippen molar-refractivity contribution in [2.45, 2.75) is 45.3 Å². The van der Waals surface area contributed by atoms with Gasteiger partial charge in [-0.2, -0.15) is 0 Å². The maximum atomic E-state index is 6.32. The molecule has 0 saturated carbocycles. The van der Waals surface area contributed by atoms with E-state index in [9.17, 15) is 0 Å². The van der Waals surface area contributed by atoms with Crippen LogP contribution in [0.15, 0.2) is 12.4 Å². The summed E-state index contributed by atoms with van der Waals surface area (Å²) in [4.78, 5) is 6.54. The van der Waals surface area contributed by atoms with Crippen molar-refractivity contribution in [3.63, 3.8) is 0 Å². The molecule has 1 aromatic rings. The van der Waals surface area contributed by atoms with E-state index in [0.29, 0.717) is 0 Å². The van der Waals surface area contributed by atoms with Crippen LogP contribution < -0.4 is 5.73 Å². The Morgan fingerprint density at radius 1 is 1.50 bits per heavy atom. The van der Waals surface area contributed by atoms with Crippen molar-refractivity contribution in [1.29, 1.82) is 0 Å². The van der Waals surface area contributed by atoms with Gasteiger partial charge in [-0.15, -0.1) is 0 Å². The SMILES string of the molecule is CCCn1ccnc1C(N)C(C)(C)N(C)C. The number of nitrogens with zero attached hydrogens (tertiary/aromatic N) is 3. The third-order valence-electron chi connectivity index (χ3n) is 3.40. The Balaban J connectivity index is 2.95. The normalized spacial score (nSPS) is 14.4. The molecule has 4 nitrogen and oxygen atoms in total. The average molecular weight is 224 g/mol. The molecule has 2 N–H and O–H groups in total. The van der Waals surface area contributed by atoms with E-state index >= 15 is 0 Å². The second-order valence-electron chi connectivity index (χ2n) is 5.00. The van der Waals surface area contributed by atoms with Gasteiger partial charge >= 0.3 is 0 Å². The Kier molecular flexibility index (Phi) is 4.10. The van der Waals surface area contributed by atoms with E-state index in [1.165, 1.54) is 0 Å². The molecule has 0 aliphatic carbocycles. The summed E-state index contributed by atoms with van der Waals surface area (Å²) >= 11 is 0. The van der Waals surface area contributed by atoms with Crippen LogP contribution in [0, 0.1) is 0 Å². The van der Waals surface area contributed by atoms with Gasteiger partial charge in [-0.05, 0) is 34.4 Å². The van der Waals surface area contributed by atoms with Crippen molar-refractivity contribution in [2.24, 2.45) is 5.73 Å². The Morgan fingerprint density at radius 3 is 2.62 bits per heavy atom. The molecule has 1 atom stereocenters. The monoisotopic (exact) mass is 224 g/mol. The molecule has 1 rings (SSSR count). The molecule has 1 unspecified atom stereocenters. The lowest BCUT2D eigenvalue weighted by atomic mass is 9.93. The minimum atomic E-state index is -0.100. The van der Waals surface area contributed by atoms with Crippen LogP contribution in [-0.4, -0.2) is 34.1 Å². The molecule has 1 heterocycles. The first kappa shape index (κ1) is 13.2. The quantitative estimate of drug-likeness (QED) is 0.827. The Bertz CT molecular complexity index is 328. The van der Waals surface area contributed by atoms with Gasteiger partial charge in [0, 0.05) is 24.5 Å². The Labute approximate surface area is 98.5 Å². The highest BCUT2D eigenvalue weighted by Gasteiger charge is 2.32. The summed E-state index contributed by atoms with van der Waals surface area (Å²) in [6.07, 6.45) is 4.93. The predicted octanol–water partition coefficient (Wildman–Crippen LogP) is 1.63. The van der Waals surface area contributed by atoms with E-state index < -0.39 is 0 Å². The number of aryl methyl sites for hydroxylation is 1. The second kappa shape index (κ2) is 4.97. The smallest absolute Gasteiger partial charge is 0.127 e. The van der Waals surface area contributed by atoms with Crippen molar-refractivity contribution in [1.82, 2.24) is 14.5 Å². The summed E-state index contributed by atoms with van der Waals surface area (Å²) in [5, 5.41) is 0. The van der Waals surface area contributed by atoms with Gasteiger partial charge < -0.3 is 15.2 Å². The minimum Gasteiger partial charge on any atom is -0.334 e. The van der Waals surface area contributed by atoms with Gasteiger partial charge in [-0.25, -0.2) is 4.98 Å². The first-order valence-electron chi connectivity index (χ1n) is 5.85. The highest BCUT2D eigenvalue weighted by molar-refractivity contribution is 5.06. The molecule has 0 bridgehead atoms. The molecule has 4 heteroatoms. The number of nitrogens with two attached hydrogens (primary N) is 1. The van der Waals surface area contributed by atoms with Gasteiger partial charge in [0.25, 0.3) is 0 Å². The van der Waals surface area contributed by atoms with Crippen LogP contribution in [0.4, 0.5) is 0 Å². The molecular weight excluding hydrogens is 200 g/mol. The third-order valence-corrected chi connectivity index (χ3v) is 3.40. The van der Waals surface area contributed by atoms with Gasteiger partial charge in [0.2, 0.25) is 0 Å². The van der Waals surface area contributed by atoms with Crippen LogP contribution in [0.3, 0.4) is 0 Å². The number of hydrogen-bond donors (Lipinski definition) is 1. The maximum absolute atomic E-state index is 6.32. The highest BCUT2D eigenvalue weighted by atomic mass is 15.2. The van der Waals surface area contributed by atoms with Crippen LogP contribution in [0.5, 0.6) is 0 Å². The number of hydrogen-bond acceptors (Lipinski definition) is 3. The second-order valence-corrected chi connectivity index (χ2v) is 5.00. The van der Waals surface area contributed by atoms with E-state index in [-0.39, 0.29) is 11.6 Å². The van der Waals surface area contributed by atoms with E-state index in [2.05, 4.69) is 35.2 Å². The topological polar surface area (TPSA) is 47.1 Å². The van der Waals surface area contributed by atoms with E-state index in [1.54, 1.807) is 0 Å². The zero-order valence-corrected chi connectivity index (χ0v) is 11.1. The van der Waals surface area contributed by atoms with Crippen molar-refractivity contribution < 1.29 is 0 Å². The van der Waals surface area contributed by atoms with Crippen LogP contribution in [-0.2, 0) is 6.54 Å². The van der Waals surface area contributed by atoms with Gasteiger partial charge in [-0.3, -0.25) is 0 Å². The molecular formula is C12H24N4. The molecule has 0 amide bonds. The molecule has 0 spiro atoms. The zero-order valence-electron chi connectivity index (χ0n) is 11.1. The van der Waals surface area contributed by atoms with Gasteiger partial charge in [0.15, 0.2) is 0 Å². The van der Waals surface area contributed by atoms with Crippen LogP contribution in [0.2, 0.25) is 0 Å². The summed E-state index contributed by atoms with van der Waals surface area (Å²) in [5.41, 5.74) is 6.22. The van der Waals surface area contributed by atoms with Crippen molar-refractivity contribution in [3.05, 3.63) is 18.2 Å². The number of likely N-dealkylation sites (N-methyl/N-ethyl adjacent to an activating group) is 1. The fourth-order valence-corrected chi connectivity index (χ4v) is 1.62. The van der Waals surface area contributed by atoms with Crippen LogP contribution in [0.1, 0.15) is 39.1 Å². The Morgan fingerprint density at radius 2 is 2.12 bits per heavy atom. The first-order valence-corrected chi connectivity index (χ1v) is 5.85. The molecule has 1 aromatic heterocycles. The molecule has 16 heavy (non-hydrogen) atoms. The fraction of sp³-hybridized carbons (Fsp3) is 0.750. The zero-order chi connectivity index (χ0) is 12.3. The van der Waals surface area contributed by atoms with Crippen molar-refractivity contribution >= 4 is 0 Å². The molecule has 0 aliphatic rings. The van der Waals surface area contributed by atoms with Gasteiger partial charge in [0.1, 0.15) is 5.82 Å². The summed E-state index contributed by atoms with van der Waals surface area (Å²) in [6.45, 7) is 7.42. The summed E-state index contributed by atoms with van der Waals surface area (Å²) in [6, 6.07) is -0.0796. The Hall–Kier alpha value is -0.870. The predicted molar refractivity (Wildman–Crippen MR) is 67.2 cm³/mol. The van der Waals surface area contributed by atoms with E-state index in [4.69, 9.17) is 5.73 Å². The molecule has 0 aliphatic heterocycles. The number of imidazole rings is 1. The van der Waals surface area contributed by atoms with E-state index in [1.807, 2.05) is 26.5 Å². The molecule has 0 radical (unpaired) electrons. The summed E-state index contributed by atoms with van der Waals surface area (Å²) in [5.74, 6) is 0.973. The third kappa shape index (κ3) is 2.44. The molecule has 0 fully saturated rings. The summed E-state index contributed by atoms with van der Waals surface area (Å²) < 4.78 is 2.15.